The van der Waals surface area contributed by atoms with Gasteiger partial charge in [-0.05, 0) is 58.5 Å². The summed E-state index contributed by atoms with van der Waals surface area (Å²) >= 11 is 5.19. The molecule has 0 fully saturated rings. The minimum atomic E-state index is -0.102. The molecule has 0 bridgehead atoms. The van der Waals surface area contributed by atoms with Gasteiger partial charge in [0.25, 0.3) is 5.91 Å². The van der Waals surface area contributed by atoms with Crippen molar-refractivity contribution in [2.45, 2.75) is 6.04 Å². The summed E-state index contributed by atoms with van der Waals surface area (Å²) in [6, 6.07) is 10.1. The van der Waals surface area contributed by atoms with Gasteiger partial charge in [-0.2, -0.15) is 11.3 Å². The number of fused-ring (bicyclic) bond motifs is 1. The number of nitrogens with zero attached hydrogens (tertiary/aromatic N) is 1. The lowest BCUT2D eigenvalue weighted by atomic mass is 10.1. The van der Waals surface area contributed by atoms with Crippen molar-refractivity contribution >= 4 is 44.1 Å². The Morgan fingerprint density at radius 2 is 2.13 bits per heavy atom. The molecule has 2 heterocycles. The molecular formula is C17H18BrN3OS. The van der Waals surface area contributed by atoms with Gasteiger partial charge in [0.15, 0.2) is 0 Å². The average molecular weight is 392 g/mol. The lowest BCUT2D eigenvalue weighted by Gasteiger charge is -2.23. The van der Waals surface area contributed by atoms with E-state index in [2.05, 4.69) is 48.0 Å². The number of nitrogens with one attached hydrogen (secondary N) is 2. The lowest BCUT2D eigenvalue weighted by molar-refractivity contribution is 0.0937. The van der Waals surface area contributed by atoms with Gasteiger partial charge < -0.3 is 15.2 Å². The number of rotatable bonds is 5. The van der Waals surface area contributed by atoms with Crippen molar-refractivity contribution in [2.75, 3.05) is 20.6 Å². The zero-order chi connectivity index (χ0) is 16.4. The molecule has 0 saturated carbocycles. The highest BCUT2D eigenvalue weighted by molar-refractivity contribution is 9.10. The van der Waals surface area contributed by atoms with E-state index in [0.717, 1.165) is 15.4 Å². The maximum absolute atomic E-state index is 12.5. The number of para-hydroxylation sites is 1. The first-order valence-corrected chi connectivity index (χ1v) is 9.04. The van der Waals surface area contributed by atoms with Crippen LogP contribution in [0.1, 0.15) is 22.1 Å². The van der Waals surface area contributed by atoms with Gasteiger partial charge in [-0.1, -0.05) is 18.2 Å². The van der Waals surface area contributed by atoms with Crippen molar-refractivity contribution in [1.29, 1.82) is 0 Å². The van der Waals surface area contributed by atoms with Gasteiger partial charge in [0.05, 0.1) is 10.5 Å². The fourth-order valence-electron chi connectivity index (χ4n) is 2.61. The van der Waals surface area contributed by atoms with Crippen molar-refractivity contribution < 1.29 is 4.79 Å². The number of amides is 1. The highest BCUT2D eigenvalue weighted by Crippen LogP contribution is 2.28. The molecule has 0 radical (unpaired) electrons. The first-order chi connectivity index (χ1) is 11.1. The van der Waals surface area contributed by atoms with Crippen molar-refractivity contribution in [3.05, 3.63) is 56.8 Å². The first-order valence-electron chi connectivity index (χ1n) is 7.31. The van der Waals surface area contributed by atoms with E-state index < -0.39 is 0 Å². The number of hydrogen-bond acceptors (Lipinski definition) is 3. The number of benzene rings is 1. The molecule has 3 aromatic rings. The number of aromatic nitrogens is 1. The van der Waals surface area contributed by atoms with E-state index >= 15 is 0 Å². The molecule has 0 saturated heterocycles. The van der Waals surface area contributed by atoms with Gasteiger partial charge in [-0.25, -0.2) is 0 Å². The van der Waals surface area contributed by atoms with E-state index in [-0.39, 0.29) is 11.9 Å². The molecule has 120 valence electrons. The van der Waals surface area contributed by atoms with Crippen molar-refractivity contribution in [2.24, 2.45) is 0 Å². The van der Waals surface area contributed by atoms with Crippen molar-refractivity contribution in [1.82, 2.24) is 15.2 Å². The third-order valence-electron chi connectivity index (χ3n) is 3.88. The minimum absolute atomic E-state index is 0.102. The Bertz CT molecular complexity index is 810. The van der Waals surface area contributed by atoms with Crippen LogP contribution >= 0.6 is 27.3 Å². The molecule has 2 N–H and O–H groups in total. The number of halogens is 1. The van der Waals surface area contributed by atoms with E-state index in [1.165, 1.54) is 5.56 Å². The Labute approximate surface area is 147 Å². The molecule has 0 aliphatic carbocycles. The van der Waals surface area contributed by atoms with Gasteiger partial charge >= 0.3 is 0 Å². The topological polar surface area (TPSA) is 48.1 Å². The zero-order valence-electron chi connectivity index (χ0n) is 13.0. The van der Waals surface area contributed by atoms with Gasteiger partial charge in [0.2, 0.25) is 0 Å². The number of likely N-dealkylation sites (N-methyl/N-ethyl adjacent to an activating group) is 1. The second-order valence-corrected chi connectivity index (χ2v) is 7.18. The van der Waals surface area contributed by atoms with E-state index in [9.17, 15) is 4.79 Å². The van der Waals surface area contributed by atoms with Crippen molar-refractivity contribution in [3.8, 4) is 0 Å². The highest BCUT2D eigenvalue weighted by atomic mass is 79.9. The van der Waals surface area contributed by atoms with Crippen LogP contribution in [-0.2, 0) is 0 Å². The SMILES string of the molecule is CN(C)C(CNC(=O)c1[nH]c2ccccc2c1Br)c1ccsc1. The molecule has 2 aromatic heterocycles. The molecule has 23 heavy (non-hydrogen) atoms. The Hall–Kier alpha value is -1.63. The number of carbonyl (C=O) groups is 1. The summed E-state index contributed by atoms with van der Waals surface area (Å²) in [7, 11) is 4.04. The summed E-state index contributed by atoms with van der Waals surface area (Å²) in [6.45, 7) is 0.560. The molecule has 6 heteroatoms. The maximum atomic E-state index is 12.5. The predicted molar refractivity (Wildman–Crippen MR) is 99.1 cm³/mol. The Kier molecular flexibility index (Phi) is 4.84. The molecular weight excluding hydrogens is 374 g/mol. The van der Waals surface area contributed by atoms with Gasteiger partial charge in [0.1, 0.15) is 5.69 Å². The van der Waals surface area contributed by atoms with E-state index in [1.807, 2.05) is 38.4 Å². The van der Waals surface area contributed by atoms with Crippen LogP contribution in [0.5, 0.6) is 0 Å². The molecule has 4 nitrogen and oxygen atoms in total. The minimum Gasteiger partial charge on any atom is -0.350 e. The second-order valence-electron chi connectivity index (χ2n) is 5.61. The molecule has 0 aliphatic heterocycles. The fourth-order valence-corrected chi connectivity index (χ4v) is 3.94. The summed E-state index contributed by atoms with van der Waals surface area (Å²) < 4.78 is 0.808. The maximum Gasteiger partial charge on any atom is 0.268 e. The van der Waals surface area contributed by atoms with E-state index in [4.69, 9.17) is 0 Å². The van der Waals surface area contributed by atoms with Crippen LogP contribution in [0.3, 0.4) is 0 Å². The summed E-state index contributed by atoms with van der Waals surface area (Å²) in [5.74, 6) is -0.102. The van der Waals surface area contributed by atoms with E-state index in [0.29, 0.717) is 12.2 Å². The van der Waals surface area contributed by atoms with Gasteiger partial charge in [-0.3, -0.25) is 4.79 Å². The normalized spacial score (nSPS) is 12.7. The molecule has 1 aromatic carbocycles. The summed E-state index contributed by atoms with van der Waals surface area (Å²) in [6.07, 6.45) is 0. The molecule has 1 unspecified atom stereocenters. The first kappa shape index (κ1) is 16.2. The number of carbonyl (C=O) groups excluding carboxylic acids is 1. The lowest BCUT2D eigenvalue weighted by Crippen LogP contribution is -2.34. The molecule has 0 spiro atoms. The third kappa shape index (κ3) is 3.34. The highest BCUT2D eigenvalue weighted by Gasteiger charge is 2.19. The summed E-state index contributed by atoms with van der Waals surface area (Å²) in [4.78, 5) is 17.8. The predicted octanol–water partition coefficient (Wildman–Crippen LogP) is 4.02. The smallest absolute Gasteiger partial charge is 0.268 e. The molecule has 3 rings (SSSR count). The molecule has 1 amide bonds. The van der Waals surface area contributed by atoms with Gasteiger partial charge in [0, 0.05) is 17.4 Å². The van der Waals surface area contributed by atoms with Crippen LogP contribution < -0.4 is 5.32 Å². The van der Waals surface area contributed by atoms with Gasteiger partial charge in [-0.15, -0.1) is 0 Å². The van der Waals surface area contributed by atoms with Crippen LogP contribution in [0.2, 0.25) is 0 Å². The zero-order valence-corrected chi connectivity index (χ0v) is 15.4. The Morgan fingerprint density at radius 3 is 2.78 bits per heavy atom. The van der Waals surface area contributed by atoms with Crippen LogP contribution in [0, 0.1) is 0 Å². The Morgan fingerprint density at radius 1 is 1.35 bits per heavy atom. The number of H-pyrrole nitrogens is 1. The quantitative estimate of drug-likeness (QED) is 0.689. The monoisotopic (exact) mass is 391 g/mol. The number of aromatic amines is 1. The third-order valence-corrected chi connectivity index (χ3v) is 5.40. The van der Waals surface area contributed by atoms with Crippen LogP contribution in [0.25, 0.3) is 10.9 Å². The Balaban J connectivity index is 1.76. The summed E-state index contributed by atoms with van der Waals surface area (Å²) in [5.41, 5.74) is 2.73. The molecule has 1 atom stereocenters. The largest absolute Gasteiger partial charge is 0.350 e. The average Bonchev–Trinajstić information content (AvgIpc) is 3.16. The van der Waals surface area contributed by atoms with E-state index in [1.54, 1.807) is 11.3 Å². The van der Waals surface area contributed by atoms with Crippen LogP contribution in [0.4, 0.5) is 0 Å². The van der Waals surface area contributed by atoms with Crippen LogP contribution in [-0.4, -0.2) is 36.4 Å². The summed E-state index contributed by atoms with van der Waals surface area (Å²) in [5, 5.41) is 8.22. The van der Waals surface area contributed by atoms with Crippen molar-refractivity contribution in [3.63, 3.8) is 0 Å². The van der Waals surface area contributed by atoms with Crippen LogP contribution in [0.15, 0.2) is 45.6 Å². The standard InChI is InChI=1S/C17H18BrN3OS/c1-21(2)14(11-7-8-23-10-11)9-19-17(22)16-15(18)12-5-3-4-6-13(12)20-16/h3-8,10,14,20H,9H2,1-2H3,(H,19,22). The number of hydrogen-bond donors (Lipinski definition) is 2. The second kappa shape index (κ2) is 6.86. The molecule has 0 aliphatic rings. The fraction of sp³-hybridized carbons (Fsp3) is 0.235. The number of thiophene rings is 1.